The molecule has 1 atom stereocenters. The molecule has 4 rings (SSSR count). The highest BCUT2D eigenvalue weighted by atomic mass is 16.3. The maximum atomic E-state index is 5.50. The van der Waals surface area contributed by atoms with Gasteiger partial charge >= 0.3 is 0 Å². The molecule has 1 N–H and O–H groups in total. The highest BCUT2D eigenvalue weighted by Gasteiger charge is 2.15. The maximum Gasteiger partial charge on any atom is 0.204 e. The molecule has 0 aliphatic carbocycles. The van der Waals surface area contributed by atoms with E-state index in [1.807, 2.05) is 36.4 Å². The largest absolute Gasteiger partial charge is 0.467 e. The van der Waals surface area contributed by atoms with Crippen molar-refractivity contribution in [1.82, 2.24) is 9.55 Å². The molecule has 2 aromatic carbocycles. The standard InChI is InChI=1S/C20H19N3O/c1-15(19-12-7-13-24-19)21-20-22-17-10-5-6-11-18(17)23(20)14-16-8-3-2-4-9-16/h2-13,15H,14H2,1H3,(H,21,22). The van der Waals surface area contributed by atoms with Gasteiger partial charge in [-0.2, -0.15) is 0 Å². The van der Waals surface area contributed by atoms with Crippen molar-refractivity contribution >= 4 is 17.0 Å². The summed E-state index contributed by atoms with van der Waals surface area (Å²) < 4.78 is 7.71. The number of para-hydroxylation sites is 2. The summed E-state index contributed by atoms with van der Waals surface area (Å²) in [6.07, 6.45) is 1.69. The summed E-state index contributed by atoms with van der Waals surface area (Å²) in [7, 11) is 0. The molecule has 4 heteroatoms. The second-order valence-corrected chi connectivity index (χ2v) is 5.88. The molecule has 0 fully saturated rings. The van der Waals surface area contributed by atoms with Gasteiger partial charge in [-0.25, -0.2) is 4.98 Å². The van der Waals surface area contributed by atoms with E-state index in [1.54, 1.807) is 6.26 Å². The second-order valence-electron chi connectivity index (χ2n) is 5.88. The number of aromatic nitrogens is 2. The van der Waals surface area contributed by atoms with E-state index >= 15 is 0 Å². The number of anilines is 1. The molecular formula is C20H19N3O. The molecular weight excluding hydrogens is 298 g/mol. The normalized spacial score (nSPS) is 12.4. The average molecular weight is 317 g/mol. The fourth-order valence-electron chi connectivity index (χ4n) is 2.91. The summed E-state index contributed by atoms with van der Waals surface area (Å²) in [6, 6.07) is 22.6. The number of nitrogens with zero attached hydrogens (tertiary/aromatic N) is 2. The maximum absolute atomic E-state index is 5.50. The van der Waals surface area contributed by atoms with Gasteiger partial charge in [0.25, 0.3) is 0 Å². The Balaban J connectivity index is 1.72. The Morgan fingerprint density at radius 2 is 1.79 bits per heavy atom. The van der Waals surface area contributed by atoms with Crippen LogP contribution in [0.1, 0.15) is 24.3 Å². The van der Waals surface area contributed by atoms with Crippen LogP contribution < -0.4 is 5.32 Å². The molecule has 0 spiro atoms. The van der Waals surface area contributed by atoms with Gasteiger partial charge in [0.15, 0.2) is 0 Å². The van der Waals surface area contributed by atoms with E-state index in [4.69, 9.17) is 9.40 Å². The van der Waals surface area contributed by atoms with E-state index in [-0.39, 0.29) is 6.04 Å². The van der Waals surface area contributed by atoms with Gasteiger partial charge in [-0.05, 0) is 36.8 Å². The first-order chi connectivity index (χ1) is 11.8. The van der Waals surface area contributed by atoms with Crippen LogP contribution in [0.25, 0.3) is 11.0 Å². The van der Waals surface area contributed by atoms with Crippen molar-refractivity contribution < 1.29 is 4.42 Å². The summed E-state index contributed by atoms with van der Waals surface area (Å²) in [5.74, 6) is 1.75. The minimum absolute atomic E-state index is 0.0475. The number of imidazole rings is 1. The van der Waals surface area contributed by atoms with E-state index in [9.17, 15) is 0 Å². The van der Waals surface area contributed by atoms with Crippen molar-refractivity contribution in [1.29, 1.82) is 0 Å². The Kier molecular flexibility index (Phi) is 3.79. The van der Waals surface area contributed by atoms with Gasteiger partial charge in [0.2, 0.25) is 5.95 Å². The molecule has 2 heterocycles. The highest BCUT2D eigenvalue weighted by Crippen LogP contribution is 2.25. The van der Waals surface area contributed by atoms with Crippen LogP contribution in [0.2, 0.25) is 0 Å². The fourth-order valence-corrected chi connectivity index (χ4v) is 2.91. The van der Waals surface area contributed by atoms with E-state index in [0.717, 1.165) is 29.3 Å². The van der Waals surface area contributed by atoms with Gasteiger partial charge < -0.3 is 14.3 Å². The van der Waals surface area contributed by atoms with Crippen LogP contribution in [0.4, 0.5) is 5.95 Å². The predicted octanol–water partition coefficient (Wildman–Crippen LogP) is 4.85. The number of hydrogen-bond acceptors (Lipinski definition) is 3. The molecule has 1 unspecified atom stereocenters. The monoisotopic (exact) mass is 317 g/mol. The summed E-state index contributed by atoms with van der Waals surface area (Å²) in [5.41, 5.74) is 3.35. The number of fused-ring (bicyclic) bond motifs is 1. The molecule has 4 aromatic rings. The summed E-state index contributed by atoms with van der Waals surface area (Å²) in [6.45, 7) is 2.85. The van der Waals surface area contributed by atoms with Crippen molar-refractivity contribution in [2.75, 3.05) is 5.32 Å². The molecule has 0 aliphatic rings. The van der Waals surface area contributed by atoms with Crippen LogP contribution in [-0.4, -0.2) is 9.55 Å². The summed E-state index contributed by atoms with van der Waals surface area (Å²) in [5, 5.41) is 3.48. The van der Waals surface area contributed by atoms with Gasteiger partial charge in [0.1, 0.15) is 5.76 Å². The van der Waals surface area contributed by atoms with Crippen LogP contribution in [0.3, 0.4) is 0 Å². The van der Waals surface area contributed by atoms with Crippen molar-refractivity contribution in [3.05, 3.63) is 84.3 Å². The SMILES string of the molecule is CC(Nc1nc2ccccc2n1Cc1ccccc1)c1ccco1. The zero-order valence-corrected chi connectivity index (χ0v) is 13.5. The number of furan rings is 1. The van der Waals surface area contributed by atoms with Crippen molar-refractivity contribution in [2.24, 2.45) is 0 Å². The molecule has 4 nitrogen and oxygen atoms in total. The molecule has 120 valence electrons. The molecule has 0 aliphatic heterocycles. The first kappa shape index (κ1) is 14.6. The molecule has 0 amide bonds. The van der Waals surface area contributed by atoms with Gasteiger partial charge in [-0.1, -0.05) is 42.5 Å². The van der Waals surface area contributed by atoms with E-state index < -0.39 is 0 Å². The minimum atomic E-state index is 0.0475. The van der Waals surface area contributed by atoms with Crippen LogP contribution in [0, 0.1) is 0 Å². The van der Waals surface area contributed by atoms with Gasteiger partial charge in [0, 0.05) is 0 Å². The smallest absolute Gasteiger partial charge is 0.204 e. The lowest BCUT2D eigenvalue weighted by molar-refractivity contribution is 0.489. The third-order valence-electron chi connectivity index (χ3n) is 4.15. The minimum Gasteiger partial charge on any atom is -0.467 e. The predicted molar refractivity (Wildman–Crippen MR) is 96.0 cm³/mol. The average Bonchev–Trinajstić information content (AvgIpc) is 3.25. The fraction of sp³-hybridized carbons (Fsp3) is 0.150. The number of rotatable bonds is 5. The number of benzene rings is 2. The first-order valence-electron chi connectivity index (χ1n) is 8.10. The van der Waals surface area contributed by atoms with Crippen LogP contribution in [0.15, 0.2) is 77.4 Å². The van der Waals surface area contributed by atoms with Crippen LogP contribution in [0.5, 0.6) is 0 Å². The van der Waals surface area contributed by atoms with E-state index in [0.29, 0.717) is 0 Å². The van der Waals surface area contributed by atoms with Crippen LogP contribution in [-0.2, 0) is 6.54 Å². The Labute approximate surface area is 140 Å². The van der Waals surface area contributed by atoms with Gasteiger partial charge in [0.05, 0.1) is 29.9 Å². The lowest BCUT2D eigenvalue weighted by Gasteiger charge is -2.15. The van der Waals surface area contributed by atoms with Crippen molar-refractivity contribution in [3.63, 3.8) is 0 Å². The molecule has 0 radical (unpaired) electrons. The summed E-state index contributed by atoms with van der Waals surface area (Å²) >= 11 is 0. The Morgan fingerprint density at radius 1 is 1.00 bits per heavy atom. The third kappa shape index (κ3) is 2.78. The van der Waals surface area contributed by atoms with Crippen LogP contribution >= 0.6 is 0 Å². The lowest BCUT2D eigenvalue weighted by Crippen LogP contribution is -2.12. The van der Waals surface area contributed by atoms with Gasteiger partial charge in [-0.15, -0.1) is 0 Å². The van der Waals surface area contributed by atoms with E-state index in [1.165, 1.54) is 5.56 Å². The quantitative estimate of drug-likeness (QED) is 0.572. The zero-order valence-electron chi connectivity index (χ0n) is 13.5. The molecule has 2 aromatic heterocycles. The second kappa shape index (κ2) is 6.24. The van der Waals surface area contributed by atoms with Crippen molar-refractivity contribution in [2.45, 2.75) is 19.5 Å². The third-order valence-corrected chi connectivity index (χ3v) is 4.15. The number of hydrogen-bond donors (Lipinski definition) is 1. The first-order valence-corrected chi connectivity index (χ1v) is 8.10. The van der Waals surface area contributed by atoms with Gasteiger partial charge in [-0.3, -0.25) is 0 Å². The summed E-state index contributed by atoms with van der Waals surface area (Å²) in [4.78, 5) is 4.77. The molecule has 24 heavy (non-hydrogen) atoms. The van der Waals surface area contributed by atoms with Crippen molar-refractivity contribution in [3.8, 4) is 0 Å². The molecule has 0 saturated carbocycles. The molecule has 0 bridgehead atoms. The Hall–Kier alpha value is -3.01. The Bertz CT molecular complexity index is 926. The zero-order chi connectivity index (χ0) is 16.4. The lowest BCUT2D eigenvalue weighted by atomic mass is 10.2. The molecule has 0 saturated heterocycles. The van der Waals surface area contributed by atoms with E-state index in [2.05, 4.69) is 47.1 Å². The topological polar surface area (TPSA) is 43.0 Å². The Morgan fingerprint density at radius 3 is 2.58 bits per heavy atom. The highest BCUT2D eigenvalue weighted by molar-refractivity contribution is 5.78. The number of nitrogens with one attached hydrogen (secondary N) is 1.